The molecule has 6 unspecified atom stereocenters. The molecule has 4 aliphatic heterocycles. The van der Waals surface area contributed by atoms with E-state index >= 15 is 0 Å². The Morgan fingerprint density at radius 3 is 2.21 bits per heavy atom. The Kier molecular flexibility index (Phi) is 14.4. The normalized spacial score (nSPS) is 26.0. The van der Waals surface area contributed by atoms with Gasteiger partial charge >= 0.3 is 16.8 Å². The first-order chi connectivity index (χ1) is 27.0. The molecule has 7 rings (SSSR count). The summed E-state index contributed by atoms with van der Waals surface area (Å²) in [6, 6.07) is 8.49. The van der Waals surface area contributed by atoms with Gasteiger partial charge in [0.2, 0.25) is 5.76 Å². The highest BCUT2D eigenvalue weighted by Crippen LogP contribution is 2.63. The molecule has 0 radical (unpaired) electrons. The Morgan fingerprint density at radius 1 is 0.982 bits per heavy atom. The number of hydrogen-bond acceptors (Lipinski definition) is 15. The molecule has 56 heavy (non-hydrogen) atoms. The van der Waals surface area contributed by atoms with Crippen molar-refractivity contribution in [1.29, 1.82) is 0 Å². The third-order valence-electron chi connectivity index (χ3n) is 8.81. The Balaban J connectivity index is 0.000000190. The first-order valence-electron chi connectivity index (χ1n) is 17.5. The lowest BCUT2D eigenvalue weighted by molar-refractivity contribution is -0.0307. The Bertz CT molecular complexity index is 2160. The van der Waals surface area contributed by atoms with Gasteiger partial charge in [-0.15, -0.1) is 9.05 Å². The van der Waals surface area contributed by atoms with Gasteiger partial charge in [0.25, 0.3) is 11.1 Å². The first kappa shape index (κ1) is 42.0. The van der Waals surface area contributed by atoms with Gasteiger partial charge in [0.1, 0.15) is 25.7 Å². The minimum Gasteiger partial charge on any atom is -0.493 e. The van der Waals surface area contributed by atoms with Crippen molar-refractivity contribution in [2.75, 3.05) is 34.0 Å². The lowest BCUT2D eigenvalue weighted by Gasteiger charge is -2.26. The zero-order valence-corrected chi connectivity index (χ0v) is 34.2. The van der Waals surface area contributed by atoms with E-state index in [0.29, 0.717) is 58.6 Å². The molecule has 1 aromatic carbocycles. The van der Waals surface area contributed by atoms with Crippen LogP contribution in [0.5, 0.6) is 11.5 Å². The Labute approximate surface area is 334 Å². The van der Waals surface area contributed by atoms with Crippen molar-refractivity contribution >= 4 is 41.2 Å². The number of ether oxygens (including phenoxy) is 4. The van der Waals surface area contributed by atoms with Gasteiger partial charge < -0.3 is 23.5 Å². The van der Waals surface area contributed by atoms with Gasteiger partial charge in [0.15, 0.2) is 26.8 Å². The molecule has 4 aliphatic rings. The van der Waals surface area contributed by atoms with E-state index in [2.05, 4.69) is 16.5 Å². The van der Waals surface area contributed by atoms with Crippen LogP contribution in [0.25, 0.3) is 0 Å². The Morgan fingerprint density at radius 2 is 1.62 bits per heavy atom. The lowest BCUT2D eigenvalue weighted by atomic mass is 10.2. The van der Waals surface area contributed by atoms with Gasteiger partial charge in [-0.25, -0.2) is 0 Å². The maximum atomic E-state index is 11.3. The third-order valence-corrected chi connectivity index (χ3v) is 11.8. The molecule has 2 saturated heterocycles. The van der Waals surface area contributed by atoms with Crippen molar-refractivity contribution in [3.05, 3.63) is 114 Å². The lowest BCUT2D eigenvalue weighted by Crippen LogP contribution is -2.22. The fraction of sp³-hybridized carbons (Fsp3) is 0.429. The van der Waals surface area contributed by atoms with Crippen LogP contribution in [0, 0.1) is 9.54 Å². The monoisotopic (exact) mass is 853 g/mol. The summed E-state index contributed by atoms with van der Waals surface area (Å²) in [4.78, 5) is 38.5. The second-order valence-corrected chi connectivity index (χ2v) is 16.2. The molecular formula is C35H43N4O13P2S2+. The second-order valence-electron chi connectivity index (χ2n) is 12.7. The number of allylic oxidation sites excluding steroid dienone is 2. The summed E-state index contributed by atoms with van der Waals surface area (Å²) in [5.41, 5.74) is 1.21. The molecule has 302 valence electrons. The topological polar surface area (TPSA) is 188 Å². The number of benzene rings is 1. The summed E-state index contributed by atoms with van der Waals surface area (Å²) in [5, 5.41) is 0. The molecule has 0 spiro atoms. The fourth-order valence-electron chi connectivity index (χ4n) is 6.01. The van der Waals surface area contributed by atoms with Crippen molar-refractivity contribution in [3.8, 4) is 11.5 Å². The predicted octanol–water partition coefficient (Wildman–Crippen LogP) is 6.75. The largest absolute Gasteiger partial charge is 0.619 e. The minimum atomic E-state index is -3.58. The highest BCUT2D eigenvalue weighted by Gasteiger charge is 2.52. The number of rotatable bonds is 12. The number of methoxy groups -OCH3 is 2. The van der Waals surface area contributed by atoms with Crippen molar-refractivity contribution in [1.82, 2.24) is 19.1 Å². The van der Waals surface area contributed by atoms with Crippen molar-refractivity contribution < 1.29 is 51.0 Å². The smallest absolute Gasteiger partial charge is 0.493 e. The number of aromatic amines is 2. The molecule has 6 heterocycles. The molecule has 3 aromatic rings. The maximum absolute atomic E-state index is 11.3. The SMILES string of the molecule is C=C/C=C(/OC)C1=C(C)CO[P+](O)(OCC2CCC(n3ccc(=O)[nH]c3=S)O2)O1.COc1cccc2c1OP(OCC1CCC(n3ccc(=O)[nH]c3=S)O1)OC2. The van der Waals surface area contributed by atoms with Crippen LogP contribution in [0.3, 0.4) is 0 Å². The molecule has 2 fully saturated rings. The van der Waals surface area contributed by atoms with E-state index in [1.807, 2.05) is 25.1 Å². The number of H-pyrrole nitrogens is 2. The molecule has 0 bridgehead atoms. The molecule has 6 atom stereocenters. The number of aromatic nitrogens is 4. The van der Waals surface area contributed by atoms with E-state index in [4.69, 9.17) is 70.5 Å². The summed E-state index contributed by atoms with van der Waals surface area (Å²) in [6.07, 6.45) is 8.49. The molecule has 0 amide bonds. The molecular weight excluding hydrogens is 810 g/mol. The predicted molar refractivity (Wildman–Crippen MR) is 209 cm³/mol. The van der Waals surface area contributed by atoms with Gasteiger partial charge in [0, 0.05) is 35.7 Å². The maximum Gasteiger partial charge on any atom is 0.619 e. The quantitative estimate of drug-likeness (QED) is 0.0751. The van der Waals surface area contributed by atoms with Crippen LogP contribution in [0.1, 0.15) is 50.6 Å². The summed E-state index contributed by atoms with van der Waals surface area (Å²) in [5.74, 6) is 2.13. The van der Waals surface area contributed by atoms with Gasteiger partial charge in [-0.1, -0.05) is 24.8 Å². The summed E-state index contributed by atoms with van der Waals surface area (Å²) in [6.45, 7) is 6.45. The summed E-state index contributed by atoms with van der Waals surface area (Å²) in [7, 11) is -1.98. The van der Waals surface area contributed by atoms with E-state index < -0.39 is 16.8 Å². The summed E-state index contributed by atoms with van der Waals surface area (Å²) < 4.78 is 60.6. The number of para-hydroxylation sites is 1. The molecule has 17 nitrogen and oxygen atoms in total. The van der Waals surface area contributed by atoms with Crippen LogP contribution in [-0.4, -0.2) is 70.2 Å². The molecule has 3 N–H and O–H groups in total. The van der Waals surface area contributed by atoms with Crippen LogP contribution >= 0.6 is 41.2 Å². The fourth-order valence-corrected chi connectivity index (χ4v) is 9.00. The van der Waals surface area contributed by atoms with E-state index in [1.54, 1.807) is 40.8 Å². The minimum absolute atomic E-state index is 0.0806. The molecule has 0 saturated carbocycles. The molecule has 21 heteroatoms. The van der Waals surface area contributed by atoms with E-state index in [0.717, 1.165) is 24.0 Å². The highest BCUT2D eigenvalue weighted by atomic mass is 32.1. The van der Waals surface area contributed by atoms with Crippen molar-refractivity contribution in [3.63, 3.8) is 0 Å². The zero-order chi connectivity index (χ0) is 39.8. The van der Waals surface area contributed by atoms with Gasteiger partial charge in [-0.05, 0) is 69.2 Å². The van der Waals surface area contributed by atoms with Crippen LogP contribution in [0.2, 0.25) is 0 Å². The van der Waals surface area contributed by atoms with Crippen molar-refractivity contribution in [2.24, 2.45) is 0 Å². The van der Waals surface area contributed by atoms with Gasteiger partial charge in [0.05, 0.1) is 39.6 Å². The van der Waals surface area contributed by atoms with Crippen LogP contribution in [0.15, 0.2) is 88.1 Å². The van der Waals surface area contributed by atoms with E-state index in [-0.39, 0.29) is 49.0 Å². The third kappa shape index (κ3) is 10.5. The Hall–Kier alpha value is -3.58. The van der Waals surface area contributed by atoms with Crippen LogP contribution < -0.4 is 20.4 Å². The van der Waals surface area contributed by atoms with Gasteiger partial charge in [-0.2, -0.15) is 4.89 Å². The second kappa shape index (κ2) is 19.2. The molecule has 2 aromatic heterocycles. The van der Waals surface area contributed by atoms with Crippen LogP contribution in [0.4, 0.5) is 0 Å². The average molecular weight is 854 g/mol. The van der Waals surface area contributed by atoms with E-state index in [9.17, 15) is 14.5 Å². The number of hydrogen-bond donors (Lipinski definition) is 3. The standard InChI is InChI=1S/C18H23N2O7PS.C17H19N2O6PS/c1-4-5-14(23-3)17-12(2)10-24-28(22,27-17)25-11-13-6-7-16(26-13)20-9-8-15(21)19-18(20)29;1-21-13-4-2-3-11-9-22-26(25-16(11)13)23-10-12-5-6-15(24-12)19-8-7-14(20)18-17(19)27/h4-5,8-9,13,16,22H,1,6-7,10-11H2,2-3H3;2-4,7-8,12,15H,5-6,9-10H2,1H3,(H,18,20,27)/p+1/b14-5+;. The number of fused-ring (bicyclic) bond motifs is 1. The average Bonchev–Trinajstić information content (AvgIpc) is 3.87. The number of nitrogens with one attached hydrogen (secondary N) is 2. The first-order valence-corrected chi connectivity index (χ1v) is 20.9. The van der Waals surface area contributed by atoms with E-state index in [1.165, 1.54) is 19.2 Å². The summed E-state index contributed by atoms with van der Waals surface area (Å²) >= 11 is 10.4. The zero-order valence-electron chi connectivity index (χ0n) is 30.8. The molecule has 0 aliphatic carbocycles. The highest BCUT2D eigenvalue weighted by molar-refractivity contribution is 7.71. The van der Waals surface area contributed by atoms with Gasteiger partial charge in [-0.3, -0.25) is 42.3 Å². The van der Waals surface area contributed by atoms with Crippen LogP contribution in [-0.2, 0) is 43.4 Å². The van der Waals surface area contributed by atoms with Crippen molar-refractivity contribution in [2.45, 2.75) is 63.9 Å². The number of nitrogens with zero attached hydrogens (tertiary/aromatic N) is 2.